The van der Waals surface area contributed by atoms with Gasteiger partial charge in [0.15, 0.2) is 0 Å². The van der Waals surface area contributed by atoms with Gasteiger partial charge in [-0.2, -0.15) is 0 Å². The summed E-state index contributed by atoms with van der Waals surface area (Å²) < 4.78 is 5.00. The molecule has 66 valence electrons. The first-order valence-corrected chi connectivity index (χ1v) is 4.59. The lowest BCUT2D eigenvalue weighted by molar-refractivity contribution is 0.271. The molecule has 0 saturated heterocycles. The molecule has 2 nitrogen and oxygen atoms in total. The highest BCUT2D eigenvalue weighted by molar-refractivity contribution is 9.09. The van der Waals surface area contributed by atoms with E-state index < -0.39 is 5.01 Å². The van der Waals surface area contributed by atoms with Crippen LogP contribution in [0.25, 0.3) is 0 Å². The van der Waals surface area contributed by atoms with Gasteiger partial charge in [0.25, 0.3) is 0 Å². The number of ether oxygens (including phenoxy) is 1. The van der Waals surface area contributed by atoms with Crippen molar-refractivity contribution in [2.45, 2.75) is 11.4 Å². The van der Waals surface area contributed by atoms with Crippen molar-refractivity contribution >= 4 is 15.9 Å². The maximum absolute atomic E-state index is 9.02. The SMILES string of the molecule is COc1ccc(CC(O)Br)cc1. The number of methoxy groups -OCH3 is 1. The molecule has 1 aromatic rings. The number of hydrogen-bond donors (Lipinski definition) is 1. The second-order valence-electron chi connectivity index (χ2n) is 2.49. The Morgan fingerprint density at radius 1 is 1.42 bits per heavy atom. The van der Waals surface area contributed by atoms with Crippen molar-refractivity contribution < 1.29 is 9.84 Å². The Kier molecular flexibility index (Phi) is 3.56. The zero-order valence-electron chi connectivity index (χ0n) is 6.83. The van der Waals surface area contributed by atoms with Crippen LogP contribution in [-0.2, 0) is 6.42 Å². The Labute approximate surface area is 80.3 Å². The molecule has 0 amide bonds. The van der Waals surface area contributed by atoms with Crippen molar-refractivity contribution in [3.05, 3.63) is 29.8 Å². The Hall–Kier alpha value is -0.540. The van der Waals surface area contributed by atoms with E-state index in [9.17, 15) is 0 Å². The predicted octanol–water partition coefficient (Wildman–Crippen LogP) is 1.95. The van der Waals surface area contributed by atoms with Gasteiger partial charge >= 0.3 is 0 Å². The molecule has 0 bridgehead atoms. The summed E-state index contributed by atoms with van der Waals surface area (Å²) >= 11 is 3.07. The molecule has 0 aliphatic heterocycles. The fourth-order valence-corrected chi connectivity index (χ4v) is 1.33. The molecule has 12 heavy (non-hydrogen) atoms. The fraction of sp³-hybridized carbons (Fsp3) is 0.333. The Balaban J connectivity index is 2.65. The minimum absolute atomic E-state index is 0.467. The molecule has 0 spiro atoms. The summed E-state index contributed by atoms with van der Waals surface area (Å²) in [6.07, 6.45) is 0.615. The van der Waals surface area contributed by atoms with E-state index >= 15 is 0 Å². The van der Waals surface area contributed by atoms with Gasteiger partial charge in [-0.3, -0.25) is 0 Å². The van der Waals surface area contributed by atoms with Gasteiger partial charge in [0.2, 0.25) is 0 Å². The van der Waals surface area contributed by atoms with Crippen molar-refractivity contribution in [2.75, 3.05) is 7.11 Å². The molecule has 1 rings (SSSR count). The fourth-order valence-electron chi connectivity index (χ4n) is 0.956. The van der Waals surface area contributed by atoms with Gasteiger partial charge in [-0.25, -0.2) is 0 Å². The molecule has 0 aromatic heterocycles. The first kappa shape index (κ1) is 9.55. The average Bonchev–Trinajstić information content (AvgIpc) is 2.05. The number of halogens is 1. The van der Waals surface area contributed by atoms with Crippen LogP contribution in [0.4, 0.5) is 0 Å². The minimum Gasteiger partial charge on any atom is -0.497 e. The number of rotatable bonds is 3. The Morgan fingerprint density at radius 3 is 2.42 bits per heavy atom. The van der Waals surface area contributed by atoms with Crippen LogP contribution in [0.1, 0.15) is 5.56 Å². The number of benzene rings is 1. The molecular weight excluding hydrogens is 220 g/mol. The highest BCUT2D eigenvalue weighted by Gasteiger charge is 1.99. The van der Waals surface area contributed by atoms with Crippen molar-refractivity contribution in [3.8, 4) is 5.75 Å². The molecule has 1 aromatic carbocycles. The normalized spacial score (nSPS) is 12.6. The lowest BCUT2D eigenvalue weighted by atomic mass is 10.1. The van der Waals surface area contributed by atoms with E-state index in [2.05, 4.69) is 15.9 Å². The van der Waals surface area contributed by atoms with Crippen LogP contribution in [0.3, 0.4) is 0 Å². The van der Waals surface area contributed by atoms with E-state index in [1.807, 2.05) is 24.3 Å². The molecule has 0 aliphatic carbocycles. The van der Waals surface area contributed by atoms with Crippen LogP contribution in [0, 0.1) is 0 Å². The topological polar surface area (TPSA) is 29.5 Å². The lowest BCUT2D eigenvalue weighted by Gasteiger charge is -2.03. The average molecular weight is 231 g/mol. The van der Waals surface area contributed by atoms with Crippen LogP contribution in [0.5, 0.6) is 5.75 Å². The van der Waals surface area contributed by atoms with Crippen LogP contribution >= 0.6 is 15.9 Å². The van der Waals surface area contributed by atoms with Crippen LogP contribution < -0.4 is 4.74 Å². The third-order valence-corrected chi connectivity index (χ3v) is 1.89. The molecule has 1 atom stereocenters. The van der Waals surface area contributed by atoms with Gasteiger partial charge < -0.3 is 9.84 Å². The van der Waals surface area contributed by atoms with Crippen molar-refractivity contribution in [3.63, 3.8) is 0 Å². The van der Waals surface area contributed by atoms with Crippen LogP contribution in [0.15, 0.2) is 24.3 Å². The molecule has 1 unspecified atom stereocenters. The van der Waals surface area contributed by atoms with Crippen molar-refractivity contribution in [1.29, 1.82) is 0 Å². The third kappa shape index (κ3) is 2.83. The maximum atomic E-state index is 9.02. The predicted molar refractivity (Wildman–Crippen MR) is 51.6 cm³/mol. The first-order chi connectivity index (χ1) is 5.72. The van der Waals surface area contributed by atoms with E-state index in [0.29, 0.717) is 6.42 Å². The van der Waals surface area contributed by atoms with E-state index in [-0.39, 0.29) is 0 Å². The lowest BCUT2D eigenvalue weighted by Crippen LogP contribution is -1.99. The summed E-state index contributed by atoms with van der Waals surface area (Å²) in [6.45, 7) is 0. The summed E-state index contributed by atoms with van der Waals surface area (Å²) in [6, 6.07) is 7.63. The van der Waals surface area contributed by atoms with Crippen LogP contribution in [-0.4, -0.2) is 17.2 Å². The Bertz CT molecular complexity index is 231. The maximum Gasteiger partial charge on any atom is 0.118 e. The summed E-state index contributed by atoms with van der Waals surface area (Å²) in [7, 11) is 1.63. The minimum atomic E-state index is -0.467. The monoisotopic (exact) mass is 230 g/mol. The summed E-state index contributed by atoms with van der Waals surface area (Å²) in [4.78, 5) is 0. The summed E-state index contributed by atoms with van der Waals surface area (Å²) in [5.74, 6) is 0.836. The second kappa shape index (κ2) is 4.48. The van der Waals surface area contributed by atoms with Crippen molar-refractivity contribution in [2.24, 2.45) is 0 Å². The van der Waals surface area contributed by atoms with Gasteiger partial charge in [-0.15, -0.1) is 0 Å². The second-order valence-corrected chi connectivity index (χ2v) is 3.54. The largest absolute Gasteiger partial charge is 0.497 e. The number of alkyl halides is 1. The summed E-state index contributed by atoms with van der Waals surface area (Å²) in [5, 5.41) is 8.55. The highest BCUT2D eigenvalue weighted by atomic mass is 79.9. The van der Waals surface area contributed by atoms with E-state index in [0.717, 1.165) is 11.3 Å². The molecular formula is C9H11BrO2. The third-order valence-electron chi connectivity index (χ3n) is 1.56. The highest BCUT2D eigenvalue weighted by Crippen LogP contribution is 2.13. The quantitative estimate of drug-likeness (QED) is 0.805. The van der Waals surface area contributed by atoms with Gasteiger partial charge in [0.1, 0.15) is 10.8 Å². The molecule has 3 heteroatoms. The molecule has 1 N–H and O–H groups in total. The Morgan fingerprint density at radius 2 is 2.00 bits per heavy atom. The molecule has 0 saturated carbocycles. The summed E-state index contributed by atoms with van der Waals surface area (Å²) in [5.41, 5.74) is 1.08. The number of aliphatic hydroxyl groups is 1. The van der Waals surface area contributed by atoms with E-state index in [4.69, 9.17) is 9.84 Å². The van der Waals surface area contributed by atoms with E-state index in [1.165, 1.54) is 0 Å². The standard InChI is InChI=1S/C9H11BrO2/c1-12-8-4-2-7(3-5-8)6-9(10)11/h2-5,9,11H,6H2,1H3. The van der Waals surface area contributed by atoms with Gasteiger partial charge in [-0.1, -0.05) is 28.1 Å². The zero-order chi connectivity index (χ0) is 8.97. The van der Waals surface area contributed by atoms with Gasteiger partial charge in [0, 0.05) is 6.42 Å². The number of aliphatic hydroxyl groups excluding tert-OH is 1. The van der Waals surface area contributed by atoms with E-state index in [1.54, 1.807) is 7.11 Å². The molecule has 0 fully saturated rings. The molecule has 0 aliphatic rings. The van der Waals surface area contributed by atoms with Crippen molar-refractivity contribution in [1.82, 2.24) is 0 Å². The zero-order valence-corrected chi connectivity index (χ0v) is 8.41. The van der Waals surface area contributed by atoms with Crippen LogP contribution in [0.2, 0.25) is 0 Å². The smallest absolute Gasteiger partial charge is 0.118 e. The van der Waals surface area contributed by atoms with Gasteiger partial charge in [-0.05, 0) is 17.7 Å². The molecule has 0 heterocycles. The van der Waals surface area contributed by atoms with Gasteiger partial charge in [0.05, 0.1) is 7.11 Å². The molecule has 0 radical (unpaired) electrons. The number of hydrogen-bond acceptors (Lipinski definition) is 2. The first-order valence-electron chi connectivity index (χ1n) is 3.67.